The molecule has 0 unspecified atom stereocenters. The number of hydrogen-bond acceptors (Lipinski definition) is 5. The smallest absolute Gasteiger partial charge is 0.277 e. The van der Waals surface area contributed by atoms with Crippen molar-refractivity contribution in [2.45, 2.75) is 19.8 Å². The van der Waals surface area contributed by atoms with Crippen LogP contribution in [0.1, 0.15) is 41.6 Å². The van der Waals surface area contributed by atoms with Gasteiger partial charge in [-0.25, -0.2) is 9.97 Å². The van der Waals surface area contributed by atoms with E-state index in [0.29, 0.717) is 5.82 Å². The zero-order valence-corrected chi connectivity index (χ0v) is 12.5. The number of amides is 1. The Bertz CT molecular complexity index is 731. The Morgan fingerprint density at radius 3 is 2.86 bits per heavy atom. The number of aromatic nitrogens is 4. The topological polar surface area (TPSA) is 96.5 Å². The van der Waals surface area contributed by atoms with Crippen LogP contribution in [0, 0.1) is 11.3 Å². The molecule has 7 nitrogen and oxygen atoms in total. The first-order chi connectivity index (χ1) is 9.92. The summed E-state index contributed by atoms with van der Waals surface area (Å²) in [6.45, 7) is 3.83. The van der Waals surface area contributed by atoms with Gasteiger partial charge in [-0.05, 0) is 0 Å². The minimum atomic E-state index is -0.528. The van der Waals surface area contributed by atoms with E-state index in [4.69, 9.17) is 16.9 Å². The molecule has 0 aliphatic carbocycles. The molecular formula is C13H13ClN6O. The summed E-state index contributed by atoms with van der Waals surface area (Å²) in [5.41, 5.74) is 0.324. The monoisotopic (exact) mass is 304 g/mol. The van der Waals surface area contributed by atoms with E-state index in [-0.39, 0.29) is 28.0 Å². The van der Waals surface area contributed by atoms with Crippen LogP contribution in [-0.4, -0.2) is 25.7 Å². The van der Waals surface area contributed by atoms with E-state index in [0.717, 1.165) is 0 Å². The molecule has 108 valence electrons. The SMILES string of the molecule is CC(C)c1ncc(Cl)c(C(=O)Nc2nn(C)cc2C#N)n1. The molecule has 0 fully saturated rings. The zero-order valence-electron chi connectivity index (χ0n) is 11.8. The average Bonchev–Trinajstić information content (AvgIpc) is 2.78. The second-order valence-corrected chi connectivity index (χ2v) is 5.12. The molecule has 0 aliphatic heterocycles. The summed E-state index contributed by atoms with van der Waals surface area (Å²) < 4.78 is 1.44. The number of carbonyl (C=O) groups excluding carboxylic acids is 1. The van der Waals surface area contributed by atoms with Crippen LogP contribution in [0.4, 0.5) is 5.82 Å². The van der Waals surface area contributed by atoms with Crippen molar-refractivity contribution in [3.8, 4) is 6.07 Å². The van der Waals surface area contributed by atoms with Crippen molar-refractivity contribution < 1.29 is 4.79 Å². The number of hydrogen-bond donors (Lipinski definition) is 1. The molecular weight excluding hydrogens is 292 g/mol. The van der Waals surface area contributed by atoms with Gasteiger partial charge in [-0.1, -0.05) is 25.4 Å². The minimum Gasteiger partial charge on any atom is -0.303 e. The number of nitriles is 1. The molecule has 0 spiro atoms. The Hall–Kier alpha value is -2.46. The second-order valence-electron chi connectivity index (χ2n) is 4.71. The number of carbonyl (C=O) groups is 1. The number of aryl methyl sites for hydroxylation is 1. The molecule has 2 aromatic heterocycles. The van der Waals surface area contributed by atoms with Crippen molar-refractivity contribution in [1.29, 1.82) is 5.26 Å². The summed E-state index contributed by atoms with van der Waals surface area (Å²) >= 11 is 5.96. The first-order valence-electron chi connectivity index (χ1n) is 6.20. The third-order valence-corrected chi connectivity index (χ3v) is 2.95. The van der Waals surface area contributed by atoms with Gasteiger partial charge in [0.25, 0.3) is 5.91 Å². The van der Waals surface area contributed by atoms with Gasteiger partial charge in [-0.15, -0.1) is 0 Å². The van der Waals surface area contributed by atoms with E-state index in [1.54, 1.807) is 7.05 Å². The first kappa shape index (κ1) is 14.9. The largest absolute Gasteiger partial charge is 0.303 e. The highest BCUT2D eigenvalue weighted by Crippen LogP contribution is 2.18. The molecule has 2 heterocycles. The predicted octanol–water partition coefficient (Wildman–Crippen LogP) is 2.11. The molecule has 0 saturated carbocycles. The number of anilines is 1. The van der Waals surface area contributed by atoms with Crippen LogP contribution >= 0.6 is 11.6 Å². The molecule has 1 N–H and O–H groups in total. The Labute approximate surface area is 126 Å². The van der Waals surface area contributed by atoms with Gasteiger partial charge in [0.05, 0.1) is 11.2 Å². The minimum absolute atomic E-state index is 0.0601. The Kier molecular flexibility index (Phi) is 4.19. The fourth-order valence-corrected chi connectivity index (χ4v) is 1.82. The van der Waals surface area contributed by atoms with E-state index < -0.39 is 5.91 Å². The molecule has 0 radical (unpaired) electrons. The van der Waals surface area contributed by atoms with Crippen molar-refractivity contribution in [2.24, 2.45) is 7.05 Å². The van der Waals surface area contributed by atoms with Crippen LogP contribution in [0.2, 0.25) is 5.02 Å². The normalized spacial score (nSPS) is 10.5. The van der Waals surface area contributed by atoms with Gasteiger partial charge < -0.3 is 5.32 Å². The highest BCUT2D eigenvalue weighted by molar-refractivity contribution is 6.33. The van der Waals surface area contributed by atoms with Crippen LogP contribution in [-0.2, 0) is 7.05 Å². The van der Waals surface area contributed by atoms with Crippen molar-refractivity contribution in [3.05, 3.63) is 34.5 Å². The lowest BCUT2D eigenvalue weighted by atomic mass is 10.2. The summed E-state index contributed by atoms with van der Waals surface area (Å²) in [4.78, 5) is 20.5. The van der Waals surface area contributed by atoms with Crippen LogP contribution in [0.25, 0.3) is 0 Å². The molecule has 1 amide bonds. The third kappa shape index (κ3) is 3.17. The Balaban J connectivity index is 2.32. The van der Waals surface area contributed by atoms with E-state index in [1.807, 2.05) is 19.9 Å². The van der Waals surface area contributed by atoms with Crippen LogP contribution < -0.4 is 5.32 Å². The van der Waals surface area contributed by atoms with Gasteiger partial charge in [0, 0.05) is 19.2 Å². The summed E-state index contributed by atoms with van der Waals surface area (Å²) in [6.07, 6.45) is 2.90. The highest BCUT2D eigenvalue weighted by atomic mass is 35.5. The number of halogens is 1. The quantitative estimate of drug-likeness (QED) is 0.936. The summed E-state index contributed by atoms with van der Waals surface area (Å²) in [7, 11) is 1.66. The molecule has 2 rings (SSSR count). The molecule has 0 aromatic carbocycles. The molecule has 0 saturated heterocycles. The molecule has 21 heavy (non-hydrogen) atoms. The van der Waals surface area contributed by atoms with Crippen LogP contribution in [0.3, 0.4) is 0 Å². The number of rotatable bonds is 3. The predicted molar refractivity (Wildman–Crippen MR) is 77.0 cm³/mol. The first-order valence-corrected chi connectivity index (χ1v) is 6.57. The summed E-state index contributed by atoms with van der Waals surface area (Å²) in [6, 6.07) is 1.95. The summed E-state index contributed by atoms with van der Waals surface area (Å²) in [5.74, 6) is 0.231. The fraction of sp³-hybridized carbons (Fsp3) is 0.308. The fourth-order valence-electron chi connectivity index (χ4n) is 1.65. The molecule has 0 bridgehead atoms. The van der Waals surface area contributed by atoms with Gasteiger partial charge >= 0.3 is 0 Å². The standard InChI is InChI=1S/C13H13ClN6O/c1-7(2)11-16-5-9(14)10(17-11)13(21)18-12-8(4-15)6-20(3)19-12/h5-7H,1-3H3,(H,18,19,21). The van der Waals surface area contributed by atoms with Gasteiger partial charge in [0.15, 0.2) is 11.5 Å². The maximum Gasteiger partial charge on any atom is 0.277 e. The van der Waals surface area contributed by atoms with Crippen molar-refractivity contribution in [1.82, 2.24) is 19.7 Å². The van der Waals surface area contributed by atoms with Gasteiger partial charge in [-0.2, -0.15) is 10.4 Å². The molecule has 2 aromatic rings. The molecule has 8 heteroatoms. The van der Waals surface area contributed by atoms with Crippen molar-refractivity contribution in [2.75, 3.05) is 5.32 Å². The van der Waals surface area contributed by atoms with Gasteiger partial charge in [0.2, 0.25) is 0 Å². The van der Waals surface area contributed by atoms with Crippen molar-refractivity contribution >= 4 is 23.3 Å². The van der Waals surface area contributed by atoms with E-state index in [9.17, 15) is 4.79 Å². The van der Waals surface area contributed by atoms with E-state index in [2.05, 4.69) is 20.4 Å². The van der Waals surface area contributed by atoms with E-state index >= 15 is 0 Å². The molecule has 0 atom stereocenters. The Morgan fingerprint density at radius 1 is 1.52 bits per heavy atom. The van der Waals surface area contributed by atoms with Crippen LogP contribution in [0.5, 0.6) is 0 Å². The zero-order chi connectivity index (χ0) is 15.6. The maximum atomic E-state index is 12.2. The van der Waals surface area contributed by atoms with Crippen LogP contribution in [0.15, 0.2) is 12.4 Å². The number of nitrogens with zero attached hydrogens (tertiary/aromatic N) is 5. The lowest BCUT2D eigenvalue weighted by Gasteiger charge is -2.07. The van der Waals surface area contributed by atoms with Gasteiger partial charge in [0.1, 0.15) is 17.5 Å². The highest BCUT2D eigenvalue weighted by Gasteiger charge is 2.18. The van der Waals surface area contributed by atoms with Gasteiger partial charge in [-0.3, -0.25) is 9.48 Å². The number of nitrogens with one attached hydrogen (secondary N) is 1. The van der Waals surface area contributed by atoms with Crippen molar-refractivity contribution in [3.63, 3.8) is 0 Å². The molecule has 0 aliphatic rings. The second kappa shape index (κ2) is 5.89. The summed E-state index contributed by atoms with van der Waals surface area (Å²) in [5, 5.41) is 15.7. The average molecular weight is 305 g/mol. The maximum absolute atomic E-state index is 12.2. The lowest BCUT2D eigenvalue weighted by Crippen LogP contribution is -2.17. The third-order valence-electron chi connectivity index (χ3n) is 2.68. The van der Waals surface area contributed by atoms with E-state index in [1.165, 1.54) is 17.1 Å². The lowest BCUT2D eigenvalue weighted by molar-refractivity contribution is 0.102. The Morgan fingerprint density at radius 2 is 2.24 bits per heavy atom.